The molecule has 1 unspecified atom stereocenters. The lowest BCUT2D eigenvalue weighted by Gasteiger charge is -2.35. The summed E-state index contributed by atoms with van der Waals surface area (Å²) in [7, 11) is 0. The first-order valence-electron chi connectivity index (χ1n) is 6.16. The standard InChI is InChI=1S/C12H24IN/c1-3-8-14(9-4-2)12-7-5-6-11(13)10-12/h11-12H,3-10H2,1-2H3/t11?,12-/m0/s1. The van der Waals surface area contributed by atoms with Gasteiger partial charge in [-0.05, 0) is 45.2 Å². The van der Waals surface area contributed by atoms with Crippen LogP contribution in [-0.4, -0.2) is 28.0 Å². The Balaban J connectivity index is 2.39. The van der Waals surface area contributed by atoms with Crippen molar-refractivity contribution in [3.8, 4) is 0 Å². The minimum absolute atomic E-state index is 0.894. The van der Waals surface area contributed by atoms with Gasteiger partial charge in [-0.3, -0.25) is 0 Å². The molecular formula is C12H24IN. The van der Waals surface area contributed by atoms with Crippen LogP contribution in [0.15, 0.2) is 0 Å². The summed E-state index contributed by atoms with van der Waals surface area (Å²) in [6.07, 6.45) is 8.39. The highest BCUT2D eigenvalue weighted by molar-refractivity contribution is 14.1. The van der Waals surface area contributed by atoms with Crippen LogP contribution in [-0.2, 0) is 0 Å². The van der Waals surface area contributed by atoms with E-state index < -0.39 is 0 Å². The highest BCUT2D eigenvalue weighted by Crippen LogP contribution is 2.28. The van der Waals surface area contributed by atoms with Gasteiger partial charge in [0.2, 0.25) is 0 Å². The molecular weight excluding hydrogens is 285 g/mol. The summed E-state index contributed by atoms with van der Waals surface area (Å²) in [5.74, 6) is 0. The Bertz CT molecular complexity index is 141. The minimum atomic E-state index is 0.894. The zero-order chi connectivity index (χ0) is 10.4. The summed E-state index contributed by atoms with van der Waals surface area (Å²) in [5.41, 5.74) is 0. The fourth-order valence-corrected chi connectivity index (χ4v) is 3.52. The van der Waals surface area contributed by atoms with Crippen LogP contribution in [0.4, 0.5) is 0 Å². The van der Waals surface area contributed by atoms with Gasteiger partial charge >= 0.3 is 0 Å². The van der Waals surface area contributed by atoms with Gasteiger partial charge in [0.25, 0.3) is 0 Å². The van der Waals surface area contributed by atoms with Crippen molar-refractivity contribution in [3.63, 3.8) is 0 Å². The second-order valence-electron chi connectivity index (χ2n) is 4.45. The van der Waals surface area contributed by atoms with E-state index in [-0.39, 0.29) is 0 Å². The molecule has 0 aliphatic heterocycles. The molecule has 0 N–H and O–H groups in total. The molecule has 1 fully saturated rings. The molecule has 0 radical (unpaired) electrons. The Morgan fingerprint density at radius 3 is 2.29 bits per heavy atom. The van der Waals surface area contributed by atoms with Crippen LogP contribution < -0.4 is 0 Å². The fourth-order valence-electron chi connectivity index (χ4n) is 2.49. The van der Waals surface area contributed by atoms with Gasteiger partial charge in [-0.2, -0.15) is 0 Å². The molecule has 0 saturated heterocycles. The lowest BCUT2D eigenvalue weighted by molar-refractivity contribution is 0.160. The number of rotatable bonds is 5. The molecule has 1 saturated carbocycles. The molecule has 0 bridgehead atoms. The van der Waals surface area contributed by atoms with Crippen molar-refractivity contribution < 1.29 is 0 Å². The molecule has 0 aromatic rings. The van der Waals surface area contributed by atoms with Crippen molar-refractivity contribution in [1.29, 1.82) is 0 Å². The number of halogens is 1. The molecule has 1 rings (SSSR count). The fraction of sp³-hybridized carbons (Fsp3) is 1.00. The van der Waals surface area contributed by atoms with Crippen molar-refractivity contribution in [2.24, 2.45) is 0 Å². The van der Waals surface area contributed by atoms with E-state index in [0.717, 1.165) is 9.97 Å². The minimum Gasteiger partial charge on any atom is -0.300 e. The molecule has 1 nitrogen and oxygen atoms in total. The third kappa shape index (κ3) is 4.05. The quantitative estimate of drug-likeness (QED) is 0.551. The molecule has 84 valence electrons. The lowest BCUT2D eigenvalue weighted by atomic mass is 9.94. The molecule has 14 heavy (non-hydrogen) atoms. The lowest BCUT2D eigenvalue weighted by Crippen LogP contribution is -2.40. The average molecular weight is 309 g/mol. The van der Waals surface area contributed by atoms with Gasteiger partial charge < -0.3 is 4.90 Å². The van der Waals surface area contributed by atoms with Crippen molar-refractivity contribution in [3.05, 3.63) is 0 Å². The second kappa shape index (κ2) is 7.04. The Morgan fingerprint density at radius 2 is 1.79 bits per heavy atom. The maximum atomic E-state index is 2.73. The molecule has 2 atom stereocenters. The number of nitrogens with zero attached hydrogens (tertiary/aromatic N) is 1. The van der Waals surface area contributed by atoms with Gasteiger partial charge in [-0.25, -0.2) is 0 Å². The van der Waals surface area contributed by atoms with Crippen molar-refractivity contribution in [2.75, 3.05) is 13.1 Å². The van der Waals surface area contributed by atoms with Crippen LogP contribution in [0.2, 0.25) is 0 Å². The van der Waals surface area contributed by atoms with Gasteiger partial charge in [-0.1, -0.05) is 42.9 Å². The van der Waals surface area contributed by atoms with Gasteiger partial charge in [-0.15, -0.1) is 0 Å². The smallest absolute Gasteiger partial charge is 0.0124 e. The summed E-state index contributed by atoms with van der Waals surface area (Å²) in [6.45, 7) is 7.21. The Morgan fingerprint density at radius 1 is 1.14 bits per heavy atom. The number of alkyl halides is 1. The maximum Gasteiger partial charge on any atom is 0.0124 e. The van der Waals surface area contributed by atoms with Crippen LogP contribution in [0.25, 0.3) is 0 Å². The van der Waals surface area contributed by atoms with E-state index in [2.05, 4.69) is 41.3 Å². The van der Waals surface area contributed by atoms with Crippen LogP contribution in [0.1, 0.15) is 52.4 Å². The third-order valence-electron chi connectivity index (χ3n) is 3.12. The van der Waals surface area contributed by atoms with Crippen molar-refractivity contribution in [1.82, 2.24) is 4.90 Å². The zero-order valence-corrected chi connectivity index (χ0v) is 11.8. The summed E-state index contributed by atoms with van der Waals surface area (Å²) in [6, 6.07) is 0.894. The van der Waals surface area contributed by atoms with Gasteiger partial charge in [0.1, 0.15) is 0 Å². The van der Waals surface area contributed by atoms with E-state index >= 15 is 0 Å². The first-order valence-corrected chi connectivity index (χ1v) is 7.40. The summed E-state index contributed by atoms with van der Waals surface area (Å²) in [5, 5.41) is 0. The van der Waals surface area contributed by atoms with Crippen molar-refractivity contribution >= 4 is 22.6 Å². The summed E-state index contributed by atoms with van der Waals surface area (Å²) >= 11 is 2.64. The normalized spacial score (nSPS) is 28.3. The van der Waals surface area contributed by atoms with Crippen LogP contribution >= 0.6 is 22.6 Å². The van der Waals surface area contributed by atoms with Crippen LogP contribution in [0.5, 0.6) is 0 Å². The molecule has 0 aromatic heterocycles. The molecule has 2 heteroatoms. The number of hydrogen-bond acceptors (Lipinski definition) is 1. The van der Waals surface area contributed by atoms with Gasteiger partial charge in [0.15, 0.2) is 0 Å². The monoisotopic (exact) mass is 309 g/mol. The molecule has 0 amide bonds. The Kier molecular flexibility index (Phi) is 6.42. The van der Waals surface area contributed by atoms with Crippen LogP contribution in [0.3, 0.4) is 0 Å². The van der Waals surface area contributed by atoms with Crippen molar-refractivity contribution in [2.45, 2.75) is 62.3 Å². The number of hydrogen-bond donors (Lipinski definition) is 0. The van der Waals surface area contributed by atoms with Crippen LogP contribution in [0, 0.1) is 0 Å². The zero-order valence-electron chi connectivity index (χ0n) is 9.64. The maximum absolute atomic E-state index is 2.73. The van der Waals surface area contributed by atoms with E-state index in [1.807, 2.05) is 0 Å². The summed E-state index contributed by atoms with van der Waals surface area (Å²) < 4.78 is 0.933. The second-order valence-corrected chi connectivity index (χ2v) is 6.22. The predicted octanol–water partition coefficient (Wildman–Crippen LogP) is 3.85. The van der Waals surface area contributed by atoms with E-state index in [1.165, 1.54) is 51.6 Å². The first-order chi connectivity index (χ1) is 6.77. The third-order valence-corrected chi connectivity index (χ3v) is 4.25. The molecule has 0 heterocycles. The Hall–Kier alpha value is 0.690. The van der Waals surface area contributed by atoms with E-state index in [4.69, 9.17) is 0 Å². The highest BCUT2D eigenvalue weighted by atomic mass is 127. The van der Waals surface area contributed by atoms with E-state index in [9.17, 15) is 0 Å². The molecule has 0 aromatic carbocycles. The first kappa shape index (κ1) is 12.8. The largest absolute Gasteiger partial charge is 0.300 e. The van der Waals surface area contributed by atoms with E-state index in [1.54, 1.807) is 0 Å². The molecule has 1 aliphatic rings. The predicted molar refractivity (Wildman–Crippen MR) is 72.2 cm³/mol. The van der Waals surface area contributed by atoms with Gasteiger partial charge in [0.05, 0.1) is 0 Å². The molecule has 1 aliphatic carbocycles. The topological polar surface area (TPSA) is 3.24 Å². The molecule has 0 spiro atoms. The SMILES string of the molecule is CCCN(CCC)[C@H]1CCCC(I)C1. The Labute approximate surface area is 103 Å². The summed E-state index contributed by atoms with van der Waals surface area (Å²) in [4.78, 5) is 2.73. The van der Waals surface area contributed by atoms with E-state index in [0.29, 0.717) is 0 Å². The average Bonchev–Trinajstić information content (AvgIpc) is 2.17. The highest BCUT2D eigenvalue weighted by Gasteiger charge is 2.24. The van der Waals surface area contributed by atoms with Gasteiger partial charge in [0, 0.05) is 9.97 Å².